The summed E-state index contributed by atoms with van der Waals surface area (Å²) >= 11 is 6.07. The Bertz CT molecular complexity index is 777. The first-order valence-electron chi connectivity index (χ1n) is 5.82. The van der Waals surface area contributed by atoms with E-state index in [9.17, 15) is 4.79 Å². The zero-order chi connectivity index (χ0) is 13.4. The van der Waals surface area contributed by atoms with Crippen LogP contribution in [0, 0.1) is 0 Å². The average molecular weight is 271 g/mol. The van der Waals surface area contributed by atoms with Gasteiger partial charge in [0, 0.05) is 33.9 Å². The Balaban J connectivity index is 2.16. The predicted molar refractivity (Wildman–Crippen MR) is 77.6 cm³/mol. The number of nitrogens with one attached hydrogen (secondary N) is 1. The van der Waals surface area contributed by atoms with Gasteiger partial charge in [0.15, 0.2) is 5.78 Å². The number of nitrogens with two attached hydrogens (primary N) is 1. The largest absolute Gasteiger partial charge is 0.399 e. The summed E-state index contributed by atoms with van der Waals surface area (Å²) in [5, 5.41) is 1.29. The molecule has 94 valence electrons. The third kappa shape index (κ3) is 1.98. The van der Waals surface area contributed by atoms with Crippen LogP contribution in [0.15, 0.2) is 48.7 Å². The van der Waals surface area contributed by atoms with Crippen molar-refractivity contribution in [3.63, 3.8) is 0 Å². The molecule has 0 amide bonds. The lowest BCUT2D eigenvalue weighted by atomic mass is 10.0. The number of fused-ring (bicyclic) bond motifs is 1. The number of hydrogen-bond donors (Lipinski definition) is 2. The SMILES string of the molecule is Nc1ccc(Cl)c(C(=O)c2c[nH]c3ccccc23)c1. The lowest BCUT2D eigenvalue weighted by Gasteiger charge is -2.04. The van der Waals surface area contributed by atoms with E-state index in [4.69, 9.17) is 17.3 Å². The molecule has 0 fully saturated rings. The number of ketones is 1. The molecule has 0 aliphatic carbocycles. The number of H-pyrrole nitrogens is 1. The molecule has 0 aliphatic heterocycles. The molecule has 0 saturated heterocycles. The molecule has 1 aromatic heterocycles. The molecule has 0 unspecified atom stereocenters. The van der Waals surface area contributed by atoms with E-state index in [2.05, 4.69) is 4.98 Å². The minimum Gasteiger partial charge on any atom is -0.399 e. The van der Waals surface area contributed by atoms with Gasteiger partial charge in [-0.3, -0.25) is 4.79 Å². The van der Waals surface area contributed by atoms with Crippen LogP contribution in [-0.4, -0.2) is 10.8 Å². The highest BCUT2D eigenvalue weighted by Gasteiger charge is 2.16. The summed E-state index contributed by atoms with van der Waals surface area (Å²) in [7, 11) is 0. The summed E-state index contributed by atoms with van der Waals surface area (Å²) in [6, 6.07) is 12.6. The minimum absolute atomic E-state index is 0.130. The number of nitrogen functional groups attached to an aromatic ring is 1. The van der Waals surface area contributed by atoms with Crippen molar-refractivity contribution >= 4 is 34.0 Å². The second-order valence-electron chi connectivity index (χ2n) is 4.32. The molecule has 3 N–H and O–H groups in total. The van der Waals surface area contributed by atoms with Crippen molar-refractivity contribution < 1.29 is 4.79 Å². The normalized spacial score (nSPS) is 10.8. The predicted octanol–water partition coefficient (Wildman–Crippen LogP) is 3.63. The molecule has 19 heavy (non-hydrogen) atoms. The quantitative estimate of drug-likeness (QED) is 0.552. The van der Waals surface area contributed by atoms with E-state index in [0.717, 1.165) is 10.9 Å². The summed E-state index contributed by atoms with van der Waals surface area (Å²) in [6.07, 6.45) is 1.70. The molecule has 3 rings (SSSR count). The van der Waals surface area contributed by atoms with Crippen molar-refractivity contribution in [3.8, 4) is 0 Å². The van der Waals surface area contributed by atoms with Crippen molar-refractivity contribution in [2.45, 2.75) is 0 Å². The summed E-state index contributed by atoms with van der Waals surface area (Å²) < 4.78 is 0. The van der Waals surface area contributed by atoms with E-state index in [1.54, 1.807) is 24.4 Å². The Morgan fingerprint density at radius 3 is 2.74 bits per heavy atom. The fourth-order valence-corrected chi connectivity index (χ4v) is 2.32. The van der Waals surface area contributed by atoms with Gasteiger partial charge >= 0.3 is 0 Å². The summed E-state index contributed by atoms with van der Waals surface area (Å²) in [6.45, 7) is 0. The first-order chi connectivity index (χ1) is 9.16. The van der Waals surface area contributed by atoms with Crippen LogP contribution >= 0.6 is 11.6 Å². The average Bonchev–Trinajstić information content (AvgIpc) is 2.84. The molecule has 1 heterocycles. The summed E-state index contributed by atoms with van der Waals surface area (Å²) in [5.74, 6) is -0.130. The number of anilines is 1. The third-order valence-electron chi connectivity index (χ3n) is 3.07. The van der Waals surface area contributed by atoms with E-state index in [1.807, 2.05) is 24.3 Å². The van der Waals surface area contributed by atoms with Crippen LogP contribution in [0.2, 0.25) is 5.02 Å². The molecule has 0 aliphatic rings. The van der Waals surface area contributed by atoms with Gasteiger partial charge in [-0.25, -0.2) is 0 Å². The molecule has 3 aromatic rings. The fourth-order valence-electron chi connectivity index (χ4n) is 2.12. The highest BCUT2D eigenvalue weighted by atomic mass is 35.5. The number of rotatable bonds is 2. The Hall–Kier alpha value is -2.26. The van der Waals surface area contributed by atoms with Gasteiger partial charge in [0.2, 0.25) is 0 Å². The smallest absolute Gasteiger partial charge is 0.196 e. The second kappa shape index (κ2) is 4.44. The minimum atomic E-state index is -0.130. The highest BCUT2D eigenvalue weighted by molar-refractivity contribution is 6.35. The maximum absolute atomic E-state index is 12.5. The van der Waals surface area contributed by atoms with Crippen LogP contribution in [0.1, 0.15) is 15.9 Å². The maximum Gasteiger partial charge on any atom is 0.196 e. The summed E-state index contributed by atoms with van der Waals surface area (Å²) in [5.41, 5.74) is 8.18. The van der Waals surface area contributed by atoms with Gasteiger partial charge in [-0.2, -0.15) is 0 Å². The van der Waals surface area contributed by atoms with Gasteiger partial charge < -0.3 is 10.7 Å². The zero-order valence-corrected chi connectivity index (χ0v) is 10.7. The van der Waals surface area contributed by atoms with Crippen LogP contribution in [0.25, 0.3) is 10.9 Å². The fraction of sp³-hybridized carbons (Fsp3) is 0. The number of hydrogen-bond acceptors (Lipinski definition) is 2. The lowest BCUT2D eigenvalue weighted by molar-refractivity contribution is 0.104. The summed E-state index contributed by atoms with van der Waals surface area (Å²) in [4.78, 5) is 15.6. The van der Waals surface area contributed by atoms with Gasteiger partial charge in [-0.05, 0) is 24.3 Å². The van der Waals surface area contributed by atoms with E-state index < -0.39 is 0 Å². The van der Waals surface area contributed by atoms with Crippen molar-refractivity contribution in [2.24, 2.45) is 0 Å². The van der Waals surface area contributed by atoms with E-state index in [0.29, 0.717) is 21.8 Å². The monoisotopic (exact) mass is 270 g/mol. The van der Waals surface area contributed by atoms with E-state index in [1.165, 1.54) is 0 Å². The van der Waals surface area contributed by atoms with Crippen LogP contribution < -0.4 is 5.73 Å². The first-order valence-corrected chi connectivity index (χ1v) is 6.20. The van der Waals surface area contributed by atoms with Crippen molar-refractivity contribution in [2.75, 3.05) is 5.73 Å². The topological polar surface area (TPSA) is 58.9 Å². The molecule has 2 aromatic carbocycles. The standard InChI is InChI=1S/C15H11ClN2O/c16-13-6-5-9(17)7-11(13)15(19)12-8-18-14-4-2-1-3-10(12)14/h1-8,18H,17H2. The molecule has 0 radical (unpaired) electrons. The number of para-hydroxylation sites is 1. The lowest BCUT2D eigenvalue weighted by Crippen LogP contribution is -2.02. The number of carbonyl (C=O) groups excluding carboxylic acids is 1. The number of halogens is 1. The van der Waals surface area contributed by atoms with Gasteiger partial charge in [0.1, 0.15) is 0 Å². The first kappa shape index (κ1) is 11.8. The van der Waals surface area contributed by atoms with Gasteiger partial charge in [0.25, 0.3) is 0 Å². The van der Waals surface area contributed by atoms with Crippen molar-refractivity contribution in [1.82, 2.24) is 4.98 Å². The van der Waals surface area contributed by atoms with Crippen molar-refractivity contribution in [3.05, 3.63) is 64.8 Å². The molecule has 0 bridgehead atoms. The molecular formula is C15H11ClN2O. The Kier molecular flexibility index (Phi) is 2.76. The second-order valence-corrected chi connectivity index (χ2v) is 4.72. The molecular weight excluding hydrogens is 260 g/mol. The van der Waals surface area contributed by atoms with E-state index >= 15 is 0 Å². The Morgan fingerprint density at radius 2 is 1.89 bits per heavy atom. The number of aromatic nitrogens is 1. The van der Waals surface area contributed by atoms with Crippen LogP contribution in [0.4, 0.5) is 5.69 Å². The van der Waals surface area contributed by atoms with Gasteiger partial charge in [0.05, 0.1) is 5.02 Å². The molecule has 0 atom stereocenters. The number of aromatic amines is 1. The molecule has 0 saturated carbocycles. The Labute approximate surface area is 115 Å². The van der Waals surface area contributed by atoms with E-state index in [-0.39, 0.29) is 5.78 Å². The van der Waals surface area contributed by atoms with Gasteiger partial charge in [-0.15, -0.1) is 0 Å². The van der Waals surface area contributed by atoms with Crippen LogP contribution in [0.5, 0.6) is 0 Å². The molecule has 4 heteroatoms. The van der Waals surface area contributed by atoms with Gasteiger partial charge in [-0.1, -0.05) is 29.8 Å². The van der Waals surface area contributed by atoms with Crippen LogP contribution in [-0.2, 0) is 0 Å². The zero-order valence-electron chi connectivity index (χ0n) is 9.98. The molecule has 3 nitrogen and oxygen atoms in total. The highest BCUT2D eigenvalue weighted by Crippen LogP contribution is 2.25. The molecule has 0 spiro atoms. The maximum atomic E-state index is 12.5. The van der Waals surface area contributed by atoms with Crippen molar-refractivity contribution in [1.29, 1.82) is 0 Å². The van der Waals surface area contributed by atoms with Crippen LogP contribution in [0.3, 0.4) is 0 Å². The Morgan fingerprint density at radius 1 is 1.11 bits per heavy atom. The third-order valence-corrected chi connectivity index (χ3v) is 3.40. The number of carbonyl (C=O) groups is 1. The number of benzene rings is 2.